The number of nitrogens with one attached hydrogen (secondary N) is 1. The molecule has 0 radical (unpaired) electrons. The Hall–Kier alpha value is -0.540. The number of aromatic nitrogens is 2. The molecule has 0 spiro atoms. The highest BCUT2D eigenvalue weighted by Gasteiger charge is 2.28. The average molecular weight is 270 g/mol. The Bertz CT molecular complexity index is 350. The lowest BCUT2D eigenvalue weighted by Crippen LogP contribution is -2.32. The van der Waals surface area contributed by atoms with Gasteiger partial charge in [0, 0.05) is 7.05 Å². The van der Waals surface area contributed by atoms with Crippen molar-refractivity contribution in [3.63, 3.8) is 0 Å². The minimum Gasteiger partial charge on any atom is -0.308 e. The minimum atomic E-state index is 0.366. The van der Waals surface area contributed by atoms with Gasteiger partial charge in [-0.05, 0) is 31.7 Å². The van der Waals surface area contributed by atoms with Crippen LogP contribution in [-0.2, 0) is 7.05 Å². The van der Waals surface area contributed by atoms with E-state index in [1.165, 1.54) is 32.1 Å². The highest BCUT2D eigenvalue weighted by Crippen LogP contribution is 2.36. The van der Waals surface area contributed by atoms with Crippen LogP contribution in [-0.4, -0.2) is 16.3 Å². The summed E-state index contributed by atoms with van der Waals surface area (Å²) in [5, 5.41) is 8.77. The van der Waals surface area contributed by atoms with Gasteiger partial charge in [-0.3, -0.25) is 4.68 Å². The normalized spacial score (nSPS) is 19.1. The molecule has 2 rings (SSSR count). The second-order valence-corrected chi connectivity index (χ2v) is 5.74. The van der Waals surface area contributed by atoms with E-state index in [-0.39, 0.29) is 0 Å². The van der Waals surface area contributed by atoms with E-state index in [1.54, 1.807) is 6.20 Å². The lowest BCUT2D eigenvalue weighted by atomic mass is 9.82. The maximum absolute atomic E-state index is 6.31. The molecule has 0 aliphatic heterocycles. The summed E-state index contributed by atoms with van der Waals surface area (Å²) in [6, 6.07) is 0.366. The van der Waals surface area contributed by atoms with E-state index < -0.39 is 0 Å². The van der Waals surface area contributed by atoms with Crippen molar-refractivity contribution in [2.24, 2.45) is 13.0 Å². The zero-order valence-corrected chi connectivity index (χ0v) is 12.2. The Balaban J connectivity index is 2.18. The second kappa shape index (κ2) is 6.58. The van der Waals surface area contributed by atoms with Gasteiger partial charge >= 0.3 is 0 Å². The van der Waals surface area contributed by atoms with Crippen molar-refractivity contribution in [2.75, 3.05) is 6.54 Å². The molecule has 1 aromatic rings. The molecule has 1 atom stereocenters. The van der Waals surface area contributed by atoms with Gasteiger partial charge in [0.2, 0.25) is 0 Å². The molecule has 0 saturated heterocycles. The fourth-order valence-electron chi connectivity index (χ4n) is 3.02. The first kappa shape index (κ1) is 13.9. The third-order valence-electron chi connectivity index (χ3n) is 3.97. The van der Waals surface area contributed by atoms with Crippen LogP contribution < -0.4 is 5.32 Å². The summed E-state index contributed by atoms with van der Waals surface area (Å²) in [7, 11) is 1.99. The SMILES string of the molecule is CCCNC(c1c(Cl)cnn1C)C1CCCCC1. The highest BCUT2D eigenvalue weighted by molar-refractivity contribution is 6.31. The van der Waals surface area contributed by atoms with Crippen LogP contribution in [0.2, 0.25) is 5.02 Å². The maximum Gasteiger partial charge on any atom is 0.0834 e. The van der Waals surface area contributed by atoms with Crippen molar-refractivity contribution in [2.45, 2.75) is 51.5 Å². The number of halogens is 1. The van der Waals surface area contributed by atoms with Gasteiger partial charge in [0.25, 0.3) is 0 Å². The lowest BCUT2D eigenvalue weighted by molar-refractivity contribution is 0.263. The molecule has 1 heterocycles. The zero-order chi connectivity index (χ0) is 13.0. The van der Waals surface area contributed by atoms with Crippen molar-refractivity contribution >= 4 is 11.6 Å². The summed E-state index contributed by atoms with van der Waals surface area (Å²) in [5.74, 6) is 0.707. The third kappa shape index (κ3) is 3.07. The first-order valence-electron chi connectivity index (χ1n) is 7.14. The molecule has 102 valence electrons. The first-order valence-corrected chi connectivity index (χ1v) is 7.52. The number of nitrogens with zero attached hydrogens (tertiary/aromatic N) is 2. The van der Waals surface area contributed by atoms with E-state index in [4.69, 9.17) is 11.6 Å². The Morgan fingerprint density at radius 2 is 2.17 bits per heavy atom. The van der Waals surface area contributed by atoms with E-state index in [9.17, 15) is 0 Å². The number of rotatable bonds is 5. The predicted molar refractivity (Wildman–Crippen MR) is 75.8 cm³/mol. The molecule has 1 aromatic heterocycles. The molecule has 3 nitrogen and oxygen atoms in total. The first-order chi connectivity index (χ1) is 8.74. The summed E-state index contributed by atoms with van der Waals surface area (Å²) in [4.78, 5) is 0. The summed E-state index contributed by atoms with van der Waals surface area (Å²) >= 11 is 6.31. The lowest BCUT2D eigenvalue weighted by Gasteiger charge is -2.31. The van der Waals surface area contributed by atoms with Crippen molar-refractivity contribution in [3.8, 4) is 0 Å². The maximum atomic E-state index is 6.31. The standard InChI is InChI=1S/C14H24ClN3/c1-3-9-16-13(11-7-5-4-6-8-11)14-12(15)10-17-18(14)2/h10-11,13,16H,3-9H2,1-2H3. The molecule has 1 unspecified atom stereocenters. The largest absolute Gasteiger partial charge is 0.308 e. The quantitative estimate of drug-likeness (QED) is 0.883. The smallest absolute Gasteiger partial charge is 0.0834 e. The van der Waals surface area contributed by atoms with Gasteiger partial charge in [-0.2, -0.15) is 5.10 Å². The minimum absolute atomic E-state index is 0.366. The van der Waals surface area contributed by atoms with Gasteiger partial charge in [-0.25, -0.2) is 0 Å². The zero-order valence-electron chi connectivity index (χ0n) is 11.5. The number of aryl methyl sites for hydroxylation is 1. The molecular formula is C14H24ClN3. The van der Waals surface area contributed by atoms with Gasteiger partial charge in [-0.1, -0.05) is 37.8 Å². The van der Waals surface area contributed by atoms with Crippen molar-refractivity contribution < 1.29 is 0 Å². The molecule has 1 aliphatic carbocycles. The van der Waals surface area contributed by atoms with Crippen LogP contribution in [0.4, 0.5) is 0 Å². The third-order valence-corrected chi connectivity index (χ3v) is 4.26. The van der Waals surface area contributed by atoms with Crippen LogP contribution in [0.3, 0.4) is 0 Å². The topological polar surface area (TPSA) is 29.9 Å². The monoisotopic (exact) mass is 269 g/mol. The summed E-state index contributed by atoms with van der Waals surface area (Å²) in [5.41, 5.74) is 1.16. The Morgan fingerprint density at radius 3 is 2.72 bits per heavy atom. The molecular weight excluding hydrogens is 246 g/mol. The molecule has 1 N–H and O–H groups in total. The van der Waals surface area contributed by atoms with Gasteiger partial charge in [0.1, 0.15) is 0 Å². The van der Waals surface area contributed by atoms with Crippen molar-refractivity contribution in [1.29, 1.82) is 0 Å². The molecule has 4 heteroatoms. The molecule has 0 bridgehead atoms. The van der Waals surface area contributed by atoms with Crippen LogP contribution in [0.25, 0.3) is 0 Å². The molecule has 0 amide bonds. The van der Waals surface area contributed by atoms with Gasteiger partial charge < -0.3 is 5.32 Å². The molecule has 1 fully saturated rings. The summed E-state index contributed by atoms with van der Waals surface area (Å²) in [6.07, 6.45) is 9.62. The molecule has 0 aromatic carbocycles. The van der Waals surface area contributed by atoms with Gasteiger partial charge in [0.05, 0.1) is 23.0 Å². The van der Waals surface area contributed by atoms with Crippen molar-refractivity contribution in [1.82, 2.24) is 15.1 Å². The Labute approximate surface area is 115 Å². The predicted octanol–water partition coefficient (Wildman–Crippen LogP) is 3.69. The fourth-order valence-corrected chi connectivity index (χ4v) is 3.31. The Kier molecular flexibility index (Phi) is 5.07. The van der Waals surface area contributed by atoms with Crippen LogP contribution in [0.5, 0.6) is 0 Å². The molecule has 18 heavy (non-hydrogen) atoms. The number of hydrogen-bond donors (Lipinski definition) is 1. The van der Waals surface area contributed by atoms with Crippen LogP contribution in [0.15, 0.2) is 6.20 Å². The molecule has 1 aliphatic rings. The van der Waals surface area contributed by atoms with Gasteiger partial charge in [-0.15, -0.1) is 0 Å². The van der Waals surface area contributed by atoms with Crippen LogP contribution in [0, 0.1) is 5.92 Å². The average Bonchev–Trinajstić information content (AvgIpc) is 2.72. The van der Waals surface area contributed by atoms with Crippen LogP contribution in [0.1, 0.15) is 57.2 Å². The fraction of sp³-hybridized carbons (Fsp3) is 0.786. The summed E-state index contributed by atoms with van der Waals surface area (Å²) < 4.78 is 1.93. The van der Waals surface area contributed by atoms with E-state index in [0.29, 0.717) is 12.0 Å². The highest BCUT2D eigenvalue weighted by atomic mass is 35.5. The van der Waals surface area contributed by atoms with E-state index in [0.717, 1.165) is 23.7 Å². The molecule has 1 saturated carbocycles. The van der Waals surface area contributed by atoms with Crippen molar-refractivity contribution in [3.05, 3.63) is 16.9 Å². The van der Waals surface area contributed by atoms with E-state index >= 15 is 0 Å². The summed E-state index contributed by atoms with van der Waals surface area (Å²) in [6.45, 7) is 3.25. The van der Waals surface area contributed by atoms with Crippen LogP contribution >= 0.6 is 11.6 Å². The van der Waals surface area contributed by atoms with Gasteiger partial charge in [0.15, 0.2) is 0 Å². The Morgan fingerprint density at radius 1 is 1.44 bits per heavy atom. The van der Waals surface area contributed by atoms with E-state index in [2.05, 4.69) is 17.3 Å². The number of hydrogen-bond acceptors (Lipinski definition) is 2. The van der Waals surface area contributed by atoms with E-state index in [1.807, 2.05) is 11.7 Å². The second-order valence-electron chi connectivity index (χ2n) is 5.33.